The molecule has 5 heteroatoms. The molecule has 1 aliphatic rings. The molecular weight excluding hydrogens is 156 g/mol. The molecule has 0 aliphatic carbocycles. The number of hydrogen-bond acceptors (Lipinski definition) is 3. The van der Waals surface area contributed by atoms with E-state index in [1.165, 1.54) is 0 Å². The second kappa shape index (κ2) is 4.06. The van der Waals surface area contributed by atoms with Crippen molar-refractivity contribution in [2.24, 2.45) is 21.7 Å². The molecule has 0 aromatic rings. The molecule has 0 saturated carbocycles. The lowest BCUT2D eigenvalue weighted by Crippen LogP contribution is -2.24. The summed E-state index contributed by atoms with van der Waals surface area (Å²) < 4.78 is 5.32. The van der Waals surface area contributed by atoms with Crippen molar-refractivity contribution in [3.05, 3.63) is 0 Å². The van der Waals surface area contributed by atoms with E-state index < -0.39 is 0 Å². The zero-order valence-corrected chi connectivity index (χ0v) is 7.16. The minimum Gasteiger partial charge on any atom is -0.378 e. The van der Waals surface area contributed by atoms with E-state index in [1.807, 2.05) is 6.92 Å². The van der Waals surface area contributed by atoms with Crippen LogP contribution in [0.25, 0.3) is 0 Å². The summed E-state index contributed by atoms with van der Waals surface area (Å²) in [6.07, 6.45) is 1.87. The Kier molecular flexibility index (Phi) is 3.04. The quantitative estimate of drug-likeness (QED) is 0.325. The van der Waals surface area contributed by atoms with Crippen LogP contribution in [-0.4, -0.2) is 24.4 Å². The molecule has 1 atom stereocenters. The van der Waals surface area contributed by atoms with Crippen LogP contribution in [0.3, 0.4) is 0 Å². The van der Waals surface area contributed by atoms with Gasteiger partial charge < -0.3 is 16.2 Å². The lowest BCUT2D eigenvalue weighted by Gasteiger charge is -2.19. The van der Waals surface area contributed by atoms with Crippen LogP contribution in [0.15, 0.2) is 10.2 Å². The Hall–Kier alpha value is -1.10. The third kappa shape index (κ3) is 2.87. The molecule has 0 aromatic carbocycles. The first kappa shape index (κ1) is 8.99. The fourth-order valence-corrected chi connectivity index (χ4v) is 1.09. The predicted molar refractivity (Wildman–Crippen MR) is 47.9 cm³/mol. The molecule has 0 radical (unpaired) electrons. The van der Waals surface area contributed by atoms with Gasteiger partial charge in [0.25, 0.3) is 0 Å². The monoisotopic (exact) mass is 170 g/mol. The third-order valence-electron chi connectivity index (χ3n) is 1.62. The maximum Gasteiger partial charge on any atom is 0.211 e. The zero-order chi connectivity index (χ0) is 8.97. The van der Waals surface area contributed by atoms with Crippen LogP contribution in [0.5, 0.6) is 0 Å². The topological polar surface area (TPSA) is 86.0 Å². The van der Waals surface area contributed by atoms with Gasteiger partial charge in [-0.15, -0.1) is 5.10 Å². The SMILES string of the molecule is CC1C/C(=N\N=C(N)N)CCO1. The largest absolute Gasteiger partial charge is 0.378 e. The second-order valence-corrected chi connectivity index (χ2v) is 2.83. The molecule has 0 aromatic heterocycles. The van der Waals surface area contributed by atoms with Crippen molar-refractivity contribution in [1.29, 1.82) is 0 Å². The van der Waals surface area contributed by atoms with Crippen LogP contribution in [0.2, 0.25) is 0 Å². The second-order valence-electron chi connectivity index (χ2n) is 2.83. The minimum atomic E-state index is 0.00152. The van der Waals surface area contributed by atoms with Gasteiger partial charge in [-0.3, -0.25) is 0 Å². The Morgan fingerprint density at radius 2 is 2.33 bits per heavy atom. The van der Waals surface area contributed by atoms with Crippen molar-refractivity contribution >= 4 is 11.7 Å². The summed E-state index contributed by atoms with van der Waals surface area (Å²) in [5.41, 5.74) is 11.3. The minimum absolute atomic E-state index is 0.00152. The number of ether oxygens (including phenoxy) is 1. The zero-order valence-electron chi connectivity index (χ0n) is 7.16. The highest BCUT2D eigenvalue weighted by Gasteiger charge is 2.13. The Balaban J connectivity index is 2.51. The smallest absolute Gasteiger partial charge is 0.211 e. The number of rotatable bonds is 1. The predicted octanol–water partition coefficient (Wildman–Crippen LogP) is -0.185. The molecular formula is C7H14N4O. The van der Waals surface area contributed by atoms with E-state index in [2.05, 4.69) is 10.2 Å². The maximum atomic E-state index is 5.32. The highest BCUT2D eigenvalue weighted by atomic mass is 16.5. The van der Waals surface area contributed by atoms with Gasteiger partial charge in [-0.05, 0) is 6.92 Å². The average Bonchev–Trinajstić information content (AvgIpc) is 2.01. The first-order valence-electron chi connectivity index (χ1n) is 3.94. The molecule has 0 spiro atoms. The summed E-state index contributed by atoms with van der Waals surface area (Å²) in [5.74, 6) is 0.00152. The highest BCUT2D eigenvalue weighted by molar-refractivity contribution is 5.86. The Bertz CT molecular complexity index is 207. The van der Waals surface area contributed by atoms with Crippen LogP contribution >= 0.6 is 0 Å². The van der Waals surface area contributed by atoms with Crippen molar-refractivity contribution in [2.45, 2.75) is 25.9 Å². The van der Waals surface area contributed by atoms with Crippen molar-refractivity contribution in [3.63, 3.8) is 0 Å². The van der Waals surface area contributed by atoms with Crippen LogP contribution in [0.1, 0.15) is 19.8 Å². The van der Waals surface area contributed by atoms with Gasteiger partial charge in [0.05, 0.1) is 12.7 Å². The summed E-state index contributed by atoms with van der Waals surface area (Å²) in [4.78, 5) is 0. The molecule has 1 saturated heterocycles. The molecule has 1 rings (SSSR count). The summed E-state index contributed by atoms with van der Waals surface area (Å²) >= 11 is 0. The molecule has 0 bridgehead atoms. The molecule has 1 aliphatic heterocycles. The molecule has 68 valence electrons. The van der Waals surface area contributed by atoms with Gasteiger partial charge in [-0.25, -0.2) is 0 Å². The van der Waals surface area contributed by atoms with Crippen molar-refractivity contribution < 1.29 is 4.74 Å². The van der Waals surface area contributed by atoms with Gasteiger partial charge in [0.15, 0.2) is 0 Å². The number of hydrogen-bond donors (Lipinski definition) is 2. The van der Waals surface area contributed by atoms with Gasteiger partial charge in [-0.1, -0.05) is 0 Å². The Labute approximate surface area is 71.5 Å². The normalized spacial score (nSPS) is 27.1. The maximum absolute atomic E-state index is 5.32. The molecule has 0 amide bonds. The first-order chi connectivity index (χ1) is 5.68. The van der Waals surface area contributed by atoms with E-state index in [0.29, 0.717) is 6.61 Å². The molecule has 1 unspecified atom stereocenters. The molecule has 1 fully saturated rings. The van der Waals surface area contributed by atoms with Gasteiger partial charge in [-0.2, -0.15) is 5.10 Å². The molecule has 4 N–H and O–H groups in total. The molecule has 5 nitrogen and oxygen atoms in total. The van der Waals surface area contributed by atoms with Crippen LogP contribution in [-0.2, 0) is 4.74 Å². The number of nitrogens with zero attached hydrogens (tertiary/aromatic N) is 2. The van der Waals surface area contributed by atoms with Crippen LogP contribution < -0.4 is 11.5 Å². The van der Waals surface area contributed by atoms with E-state index in [0.717, 1.165) is 18.6 Å². The van der Waals surface area contributed by atoms with E-state index in [1.54, 1.807) is 0 Å². The summed E-state index contributed by atoms with van der Waals surface area (Å²) in [6.45, 7) is 2.71. The van der Waals surface area contributed by atoms with Crippen molar-refractivity contribution in [2.75, 3.05) is 6.61 Å². The van der Waals surface area contributed by atoms with Gasteiger partial charge in [0.1, 0.15) is 0 Å². The standard InChI is InChI=1S/C7H14N4O/c1-5-4-6(2-3-12-5)10-11-7(8)9/h5H,2-4H2,1H3,(H4,8,9,11)/b10-6-. The lowest BCUT2D eigenvalue weighted by molar-refractivity contribution is 0.0633. The molecule has 12 heavy (non-hydrogen) atoms. The summed E-state index contributed by atoms with van der Waals surface area (Å²) in [7, 11) is 0. The number of guanidine groups is 1. The van der Waals surface area contributed by atoms with Gasteiger partial charge >= 0.3 is 0 Å². The number of nitrogens with two attached hydrogens (primary N) is 2. The fourth-order valence-electron chi connectivity index (χ4n) is 1.09. The van der Waals surface area contributed by atoms with Crippen LogP contribution in [0.4, 0.5) is 0 Å². The third-order valence-corrected chi connectivity index (χ3v) is 1.62. The van der Waals surface area contributed by atoms with E-state index in [9.17, 15) is 0 Å². The Morgan fingerprint density at radius 3 is 2.92 bits per heavy atom. The van der Waals surface area contributed by atoms with Crippen molar-refractivity contribution in [3.8, 4) is 0 Å². The fraction of sp³-hybridized carbons (Fsp3) is 0.714. The van der Waals surface area contributed by atoms with E-state index >= 15 is 0 Å². The Morgan fingerprint density at radius 1 is 1.58 bits per heavy atom. The molecule has 1 heterocycles. The summed E-state index contributed by atoms with van der Waals surface area (Å²) in [6, 6.07) is 0. The van der Waals surface area contributed by atoms with E-state index in [4.69, 9.17) is 16.2 Å². The van der Waals surface area contributed by atoms with Gasteiger partial charge in [0, 0.05) is 18.6 Å². The highest BCUT2D eigenvalue weighted by Crippen LogP contribution is 2.10. The van der Waals surface area contributed by atoms with E-state index in [-0.39, 0.29) is 12.1 Å². The average molecular weight is 170 g/mol. The lowest BCUT2D eigenvalue weighted by atomic mass is 10.1. The van der Waals surface area contributed by atoms with Crippen molar-refractivity contribution in [1.82, 2.24) is 0 Å². The van der Waals surface area contributed by atoms with Crippen LogP contribution in [0, 0.1) is 0 Å². The summed E-state index contributed by atoms with van der Waals surface area (Å²) in [5, 5.41) is 7.50. The first-order valence-corrected chi connectivity index (χ1v) is 3.94. The van der Waals surface area contributed by atoms with Gasteiger partial charge in [0.2, 0.25) is 5.96 Å².